The van der Waals surface area contributed by atoms with Crippen LogP contribution in [-0.2, 0) is 4.74 Å². The zero-order valence-electron chi connectivity index (χ0n) is 7.91. The van der Waals surface area contributed by atoms with Gasteiger partial charge in [-0.3, -0.25) is 10.3 Å². The fourth-order valence-corrected chi connectivity index (χ4v) is 1.87. The van der Waals surface area contributed by atoms with Gasteiger partial charge in [0.2, 0.25) is 0 Å². The summed E-state index contributed by atoms with van der Waals surface area (Å²) in [6.45, 7) is 3.26. The number of piperidine rings is 1. The van der Waals surface area contributed by atoms with Crippen LogP contribution in [0.5, 0.6) is 0 Å². The van der Waals surface area contributed by atoms with Crippen LogP contribution in [0.15, 0.2) is 0 Å². The van der Waals surface area contributed by atoms with E-state index in [2.05, 4.69) is 17.5 Å². The summed E-state index contributed by atoms with van der Waals surface area (Å²) >= 11 is 4.19. The van der Waals surface area contributed by atoms with Crippen LogP contribution in [0.2, 0.25) is 0 Å². The molecule has 1 rings (SSSR count). The molecule has 0 bridgehead atoms. The van der Waals surface area contributed by atoms with E-state index >= 15 is 0 Å². The van der Waals surface area contributed by atoms with Crippen molar-refractivity contribution in [3.8, 4) is 0 Å². The van der Waals surface area contributed by atoms with Gasteiger partial charge in [0, 0.05) is 12.3 Å². The molecule has 0 aromatic carbocycles. The molecule has 1 unspecified atom stereocenters. The van der Waals surface area contributed by atoms with Crippen molar-refractivity contribution in [1.29, 1.82) is 5.41 Å². The second-order valence-corrected chi connectivity index (χ2v) is 3.78. The fourth-order valence-electron chi connectivity index (χ4n) is 1.67. The maximum atomic E-state index is 6.85. The second kappa shape index (κ2) is 6.27. The monoisotopic (exact) mass is 202 g/mol. The lowest BCUT2D eigenvalue weighted by atomic mass is 10.1. The normalized spacial score (nSPS) is 21.0. The van der Waals surface area contributed by atoms with E-state index in [1.165, 1.54) is 32.4 Å². The average Bonchev–Trinajstić information content (AvgIpc) is 2.19. The maximum absolute atomic E-state index is 6.85. The Morgan fingerprint density at radius 3 is 2.62 bits per heavy atom. The van der Waals surface area contributed by atoms with Crippen molar-refractivity contribution in [3.05, 3.63) is 0 Å². The Balaban J connectivity index is 2.22. The molecule has 1 heterocycles. The van der Waals surface area contributed by atoms with Gasteiger partial charge < -0.3 is 4.74 Å². The van der Waals surface area contributed by atoms with Gasteiger partial charge in [-0.2, -0.15) is 12.6 Å². The van der Waals surface area contributed by atoms with Gasteiger partial charge in [-0.05, 0) is 25.9 Å². The summed E-state index contributed by atoms with van der Waals surface area (Å²) in [5, 5.41) is 6.85. The molecule has 1 aliphatic heterocycles. The van der Waals surface area contributed by atoms with Crippen molar-refractivity contribution in [2.24, 2.45) is 0 Å². The van der Waals surface area contributed by atoms with Gasteiger partial charge in [-0.15, -0.1) is 0 Å². The van der Waals surface area contributed by atoms with Crippen LogP contribution in [0.4, 0.5) is 0 Å². The summed E-state index contributed by atoms with van der Waals surface area (Å²) in [5.41, 5.74) is 0. The van der Waals surface area contributed by atoms with E-state index in [0.717, 1.165) is 12.9 Å². The van der Waals surface area contributed by atoms with Crippen molar-refractivity contribution in [2.45, 2.75) is 25.4 Å². The molecular formula is C9H18N2OS. The molecule has 0 aromatic rings. The number of nitrogens with one attached hydrogen (secondary N) is 1. The van der Waals surface area contributed by atoms with Crippen LogP contribution in [0.3, 0.4) is 0 Å². The smallest absolute Gasteiger partial charge is 0.167 e. The molecule has 0 amide bonds. The van der Waals surface area contributed by atoms with Gasteiger partial charge in [-0.25, -0.2) is 0 Å². The molecule has 76 valence electrons. The largest absolute Gasteiger partial charge is 0.478 e. The predicted molar refractivity (Wildman–Crippen MR) is 57.8 cm³/mol. The van der Waals surface area contributed by atoms with E-state index in [1.807, 2.05) is 0 Å². The SMILES string of the molecule is N=COC(CS)CN1CCCCC1. The number of nitrogens with zero attached hydrogens (tertiary/aromatic N) is 1. The number of hydrogen-bond acceptors (Lipinski definition) is 4. The Morgan fingerprint density at radius 1 is 1.38 bits per heavy atom. The third-order valence-electron chi connectivity index (χ3n) is 2.37. The number of rotatable bonds is 5. The lowest BCUT2D eigenvalue weighted by molar-refractivity contribution is 0.130. The van der Waals surface area contributed by atoms with E-state index in [1.54, 1.807) is 0 Å². The summed E-state index contributed by atoms with van der Waals surface area (Å²) < 4.78 is 5.12. The molecule has 0 radical (unpaired) electrons. The van der Waals surface area contributed by atoms with Gasteiger partial charge in [0.1, 0.15) is 6.10 Å². The molecule has 1 fully saturated rings. The minimum Gasteiger partial charge on any atom is -0.478 e. The van der Waals surface area contributed by atoms with Crippen LogP contribution >= 0.6 is 12.6 Å². The Labute approximate surface area is 85.4 Å². The highest BCUT2D eigenvalue weighted by molar-refractivity contribution is 7.80. The Hall–Kier alpha value is -0.220. The summed E-state index contributed by atoms with van der Waals surface area (Å²) in [7, 11) is 0. The first-order valence-electron chi connectivity index (χ1n) is 4.84. The van der Waals surface area contributed by atoms with E-state index in [0.29, 0.717) is 5.75 Å². The van der Waals surface area contributed by atoms with Crippen LogP contribution in [0.25, 0.3) is 0 Å². The molecule has 1 aliphatic rings. The minimum absolute atomic E-state index is 0.0823. The first kappa shape index (κ1) is 10.9. The van der Waals surface area contributed by atoms with E-state index in [9.17, 15) is 0 Å². The molecule has 0 aromatic heterocycles. The van der Waals surface area contributed by atoms with Crippen molar-refractivity contribution < 1.29 is 4.74 Å². The molecular weight excluding hydrogens is 184 g/mol. The Bertz CT molecular complexity index is 149. The third-order valence-corrected chi connectivity index (χ3v) is 2.78. The minimum atomic E-state index is 0.0823. The van der Waals surface area contributed by atoms with Gasteiger partial charge in [0.25, 0.3) is 0 Å². The lowest BCUT2D eigenvalue weighted by Gasteiger charge is -2.29. The summed E-state index contributed by atoms with van der Waals surface area (Å²) in [6.07, 6.45) is 5.05. The van der Waals surface area contributed by atoms with Gasteiger partial charge in [-0.1, -0.05) is 6.42 Å². The molecule has 1 N–H and O–H groups in total. The highest BCUT2D eigenvalue weighted by Gasteiger charge is 2.15. The van der Waals surface area contributed by atoms with E-state index in [4.69, 9.17) is 10.1 Å². The summed E-state index contributed by atoms with van der Waals surface area (Å²) in [5.74, 6) is 0.686. The third kappa shape index (κ3) is 4.00. The van der Waals surface area contributed by atoms with Crippen molar-refractivity contribution in [1.82, 2.24) is 4.90 Å². The summed E-state index contributed by atoms with van der Waals surface area (Å²) in [4.78, 5) is 2.40. The number of ether oxygens (including phenoxy) is 1. The van der Waals surface area contributed by atoms with Crippen molar-refractivity contribution in [2.75, 3.05) is 25.4 Å². The Morgan fingerprint density at radius 2 is 2.08 bits per heavy atom. The zero-order chi connectivity index (χ0) is 9.52. The molecule has 0 spiro atoms. The molecule has 3 nitrogen and oxygen atoms in total. The molecule has 4 heteroatoms. The van der Waals surface area contributed by atoms with Crippen LogP contribution in [0.1, 0.15) is 19.3 Å². The standard InChI is InChI=1S/C9H18N2OS/c10-8-12-9(7-13)6-11-4-2-1-3-5-11/h8-10,13H,1-7H2. The zero-order valence-corrected chi connectivity index (χ0v) is 8.80. The fraction of sp³-hybridized carbons (Fsp3) is 0.889. The second-order valence-electron chi connectivity index (χ2n) is 3.42. The van der Waals surface area contributed by atoms with Gasteiger partial charge >= 0.3 is 0 Å². The first-order valence-corrected chi connectivity index (χ1v) is 5.47. The highest BCUT2D eigenvalue weighted by atomic mass is 32.1. The lowest BCUT2D eigenvalue weighted by Crippen LogP contribution is -2.38. The molecule has 13 heavy (non-hydrogen) atoms. The molecule has 1 atom stereocenters. The molecule has 1 saturated heterocycles. The highest BCUT2D eigenvalue weighted by Crippen LogP contribution is 2.10. The van der Waals surface area contributed by atoms with Gasteiger partial charge in [0.15, 0.2) is 6.40 Å². The quantitative estimate of drug-likeness (QED) is 0.401. The topological polar surface area (TPSA) is 36.3 Å². The van der Waals surface area contributed by atoms with Crippen LogP contribution in [0, 0.1) is 5.41 Å². The first-order chi connectivity index (χ1) is 6.36. The number of thiol groups is 1. The van der Waals surface area contributed by atoms with Crippen molar-refractivity contribution in [3.63, 3.8) is 0 Å². The maximum Gasteiger partial charge on any atom is 0.167 e. The van der Waals surface area contributed by atoms with E-state index < -0.39 is 0 Å². The molecule has 0 aliphatic carbocycles. The Kier molecular flexibility index (Phi) is 5.23. The van der Waals surface area contributed by atoms with Gasteiger partial charge in [0.05, 0.1) is 0 Å². The van der Waals surface area contributed by atoms with Crippen molar-refractivity contribution >= 4 is 19.0 Å². The molecule has 0 saturated carbocycles. The number of hydrogen-bond donors (Lipinski definition) is 2. The van der Waals surface area contributed by atoms with E-state index in [-0.39, 0.29) is 6.10 Å². The number of likely N-dealkylation sites (tertiary alicyclic amines) is 1. The average molecular weight is 202 g/mol. The van der Waals surface area contributed by atoms with Crippen LogP contribution in [-0.4, -0.2) is 42.8 Å². The summed E-state index contributed by atoms with van der Waals surface area (Å²) in [6, 6.07) is 0. The predicted octanol–water partition coefficient (Wildman–Crippen LogP) is 1.39. The van der Waals surface area contributed by atoms with Crippen LogP contribution < -0.4 is 0 Å².